The Labute approximate surface area is 143 Å². The van der Waals surface area contributed by atoms with Gasteiger partial charge in [-0.25, -0.2) is 0 Å². The van der Waals surface area contributed by atoms with Gasteiger partial charge in [0.05, 0.1) is 32.3 Å². The van der Waals surface area contributed by atoms with Crippen LogP contribution in [0.15, 0.2) is 29.3 Å². The van der Waals surface area contributed by atoms with Crippen molar-refractivity contribution in [2.45, 2.75) is 39.3 Å². The summed E-state index contributed by atoms with van der Waals surface area (Å²) in [6.45, 7) is 5.97. The third-order valence-corrected chi connectivity index (χ3v) is 4.32. The number of esters is 1. The molecular formula is C19H26N3O2+. The summed E-state index contributed by atoms with van der Waals surface area (Å²) in [6, 6.07) is 10.2. The van der Waals surface area contributed by atoms with Crippen LogP contribution in [0.3, 0.4) is 0 Å². The molecule has 0 bridgehead atoms. The number of likely N-dealkylation sites (tertiary alicyclic amines) is 1. The molecule has 0 amide bonds. The van der Waals surface area contributed by atoms with E-state index in [9.17, 15) is 4.79 Å². The number of aliphatic imine (C=N–C) groups is 1. The molecule has 24 heavy (non-hydrogen) atoms. The van der Waals surface area contributed by atoms with Crippen LogP contribution in [0.25, 0.3) is 0 Å². The summed E-state index contributed by atoms with van der Waals surface area (Å²) in [6.07, 6.45) is 5.36. The van der Waals surface area contributed by atoms with Gasteiger partial charge in [-0.3, -0.25) is 9.79 Å². The molecule has 1 saturated heterocycles. The fraction of sp³-hybridized carbons (Fsp3) is 0.526. The maximum Gasteiger partial charge on any atom is 0.328 e. The number of benzene rings is 1. The summed E-state index contributed by atoms with van der Waals surface area (Å²) in [5.41, 5.74) is 2.46. The smallest absolute Gasteiger partial charge is 0.328 e. The van der Waals surface area contributed by atoms with Gasteiger partial charge in [0, 0.05) is 11.8 Å². The Morgan fingerprint density at radius 3 is 2.71 bits per heavy atom. The summed E-state index contributed by atoms with van der Waals surface area (Å²) in [5.74, 6) is -1.46. The van der Waals surface area contributed by atoms with Crippen LogP contribution in [-0.4, -0.2) is 31.9 Å². The lowest BCUT2D eigenvalue weighted by Crippen LogP contribution is -3.11. The van der Waals surface area contributed by atoms with Crippen LogP contribution in [0, 0.1) is 17.2 Å². The number of nitriles is 1. The first kappa shape index (κ1) is 18.2. The van der Waals surface area contributed by atoms with Crippen LogP contribution in [0.2, 0.25) is 0 Å². The van der Waals surface area contributed by atoms with Gasteiger partial charge in [-0.15, -0.1) is 0 Å². The van der Waals surface area contributed by atoms with Gasteiger partial charge in [0.15, 0.2) is 5.92 Å². The minimum Gasteiger partial charge on any atom is -0.465 e. The molecule has 128 valence electrons. The first-order valence-corrected chi connectivity index (χ1v) is 8.71. The highest BCUT2D eigenvalue weighted by atomic mass is 16.5. The van der Waals surface area contributed by atoms with Crippen LogP contribution in [0.5, 0.6) is 0 Å². The van der Waals surface area contributed by atoms with Crippen LogP contribution in [0.1, 0.15) is 37.3 Å². The molecule has 0 aromatic heterocycles. The molecule has 1 aromatic carbocycles. The second-order valence-corrected chi connectivity index (χ2v) is 6.10. The van der Waals surface area contributed by atoms with Crippen LogP contribution in [0.4, 0.5) is 0 Å². The Hall–Kier alpha value is -2.19. The van der Waals surface area contributed by atoms with Gasteiger partial charge in [-0.1, -0.05) is 24.3 Å². The number of piperidine rings is 1. The monoisotopic (exact) mass is 328 g/mol. The van der Waals surface area contributed by atoms with E-state index in [-0.39, 0.29) is 6.61 Å². The summed E-state index contributed by atoms with van der Waals surface area (Å²) in [4.78, 5) is 17.5. The van der Waals surface area contributed by atoms with E-state index in [2.05, 4.69) is 23.2 Å². The van der Waals surface area contributed by atoms with Crippen molar-refractivity contribution < 1.29 is 14.4 Å². The highest BCUT2D eigenvalue weighted by Gasteiger charge is 2.17. The Balaban J connectivity index is 1.97. The van der Waals surface area contributed by atoms with Crippen molar-refractivity contribution >= 4 is 12.2 Å². The lowest BCUT2D eigenvalue weighted by molar-refractivity contribution is -0.918. The number of ether oxygens (including phenoxy) is 1. The maximum absolute atomic E-state index is 11.6. The minimum atomic E-state index is -0.926. The largest absolute Gasteiger partial charge is 0.465 e. The second kappa shape index (κ2) is 9.84. The standard InChI is InChI=1S/C19H25N3O2/c1-2-24-19(23)18(12-20)14-21-13-16-8-4-5-9-17(16)15-22-10-6-3-7-11-22/h4-5,8-9,14,18H,2-3,6-7,10-11,13,15H2,1H3/p+1/t18-/m1/s1. The predicted octanol–water partition coefficient (Wildman–Crippen LogP) is 1.53. The number of rotatable bonds is 7. The van der Waals surface area contributed by atoms with Gasteiger partial charge < -0.3 is 9.64 Å². The lowest BCUT2D eigenvalue weighted by atomic mass is 10.0. The zero-order valence-electron chi connectivity index (χ0n) is 14.3. The normalized spacial score (nSPS) is 16.7. The highest BCUT2D eigenvalue weighted by molar-refractivity contribution is 5.92. The van der Waals surface area contributed by atoms with Crippen LogP contribution < -0.4 is 4.90 Å². The van der Waals surface area contributed by atoms with E-state index in [1.165, 1.54) is 44.1 Å². The molecule has 5 heteroatoms. The van der Waals surface area contributed by atoms with Gasteiger partial charge >= 0.3 is 5.97 Å². The maximum atomic E-state index is 11.6. The van der Waals surface area contributed by atoms with Crippen molar-refractivity contribution in [3.05, 3.63) is 35.4 Å². The van der Waals surface area contributed by atoms with Crippen molar-refractivity contribution in [3.63, 3.8) is 0 Å². The zero-order valence-corrected chi connectivity index (χ0v) is 14.3. The summed E-state index contributed by atoms with van der Waals surface area (Å²) < 4.78 is 4.87. The van der Waals surface area contributed by atoms with Gasteiger partial charge in [0.2, 0.25) is 0 Å². The summed E-state index contributed by atoms with van der Waals surface area (Å²) >= 11 is 0. The Morgan fingerprint density at radius 2 is 2.04 bits per heavy atom. The van der Waals surface area contributed by atoms with Crippen LogP contribution in [-0.2, 0) is 22.6 Å². The molecule has 0 saturated carbocycles. The summed E-state index contributed by atoms with van der Waals surface area (Å²) in [5, 5.41) is 9.05. The molecule has 0 aliphatic carbocycles. The molecule has 1 atom stereocenters. The fourth-order valence-electron chi connectivity index (χ4n) is 3.02. The average Bonchev–Trinajstić information content (AvgIpc) is 2.61. The molecule has 1 aliphatic rings. The third kappa shape index (κ3) is 5.47. The highest BCUT2D eigenvalue weighted by Crippen LogP contribution is 2.10. The predicted molar refractivity (Wildman–Crippen MR) is 92.6 cm³/mol. The molecule has 1 fully saturated rings. The van der Waals surface area contributed by atoms with Crippen molar-refractivity contribution in [3.8, 4) is 6.07 Å². The van der Waals surface area contributed by atoms with Gasteiger partial charge in [-0.2, -0.15) is 5.26 Å². The molecular weight excluding hydrogens is 302 g/mol. The minimum absolute atomic E-state index is 0.270. The number of carbonyl (C=O) groups is 1. The molecule has 5 nitrogen and oxygen atoms in total. The van der Waals surface area contributed by atoms with Gasteiger partial charge in [0.25, 0.3) is 0 Å². The van der Waals surface area contributed by atoms with E-state index in [0.717, 1.165) is 12.1 Å². The van der Waals surface area contributed by atoms with E-state index in [1.807, 2.05) is 12.1 Å². The molecule has 0 radical (unpaired) electrons. The van der Waals surface area contributed by atoms with E-state index in [1.54, 1.807) is 11.8 Å². The molecule has 1 heterocycles. The first-order chi connectivity index (χ1) is 11.7. The van der Waals surface area contributed by atoms with E-state index in [0.29, 0.717) is 6.54 Å². The summed E-state index contributed by atoms with van der Waals surface area (Å²) in [7, 11) is 0. The molecule has 1 N–H and O–H groups in total. The zero-order chi connectivity index (χ0) is 17.2. The quantitative estimate of drug-likeness (QED) is 0.610. The number of hydrogen-bond acceptors (Lipinski definition) is 4. The number of carbonyl (C=O) groups excluding carboxylic acids is 1. The van der Waals surface area contributed by atoms with Crippen molar-refractivity contribution in [2.24, 2.45) is 10.9 Å². The van der Waals surface area contributed by atoms with Gasteiger partial charge in [-0.05, 0) is 31.7 Å². The topological polar surface area (TPSA) is 66.9 Å². The molecule has 2 rings (SSSR count). The third-order valence-electron chi connectivity index (χ3n) is 4.32. The number of quaternary nitrogens is 1. The Morgan fingerprint density at radius 1 is 1.33 bits per heavy atom. The molecule has 0 unspecified atom stereocenters. The number of nitrogens with one attached hydrogen (secondary N) is 1. The van der Waals surface area contributed by atoms with Crippen LogP contribution >= 0.6 is 0 Å². The number of nitrogens with zero attached hydrogens (tertiary/aromatic N) is 2. The van der Waals surface area contributed by atoms with Crippen molar-refractivity contribution in [1.29, 1.82) is 5.26 Å². The van der Waals surface area contributed by atoms with Crippen molar-refractivity contribution in [1.82, 2.24) is 0 Å². The van der Waals surface area contributed by atoms with E-state index < -0.39 is 11.9 Å². The van der Waals surface area contributed by atoms with Gasteiger partial charge in [0.1, 0.15) is 6.54 Å². The first-order valence-electron chi connectivity index (χ1n) is 8.71. The molecule has 0 spiro atoms. The Kier molecular flexibility index (Phi) is 7.44. The molecule has 1 aliphatic heterocycles. The molecule has 1 aromatic rings. The Bertz CT molecular complexity index is 601. The second-order valence-electron chi connectivity index (χ2n) is 6.10. The number of hydrogen-bond donors (Lipinski definition) is 1. The van der Waals surface area contributed by atoms with Crippen molar-refractivity contribution in [2.75, 3.05) is 19.7 Å². The van der Waals surface area contributed by atoms with E-state index in [4.69, 9.17) is 10.00 Å². The fourth-order valence-corrected chi connectivity index (χ4v) is 3.02. The lowest BCUT2D eigenvalue weighted by Gasteiger charge is -2.24. The van der Waals surface area contributed by atoms with E-state index >= 15 is 0 Å². The SMILES string of the molecule is CCOC(=O)[C@H](C#N)C=NCc1ccccc1C[NH+]1CCCCC1. The average molecular weight is 328 g/mol.